The number of esters is 1. The number of amides is 1. The lowest BCUT2D eigenvalue weighted by atomic mass is 9.88. The van der Waals surface area contributed by atoms with Gasteiger partial charge in [0.25, 0.3) is 5.91 Å². The standard InChI is InChI=1S/C19H17NO5/c1-11-3-4-13-10-19(2,25-17(23)15(13)9-11)18(24)20-14-7-5-12(6-8-14)16(21)22/h3-9H,10H2,1-2H3,(H,20,24)(H,21,22)/t19-/m0/s1. The van der Waals surface area contributed by atoms with Crippen LogP contribution >= 0.6 is 0 Å². The Morgan fingerprint density at radius 2 is 1.84 bits per heavy atom. The SMILES string of the molecule is Cc1ccc2c(c1)C(=O)O[C@](C)(C(=O)Nc1ccc(C(=O)O)cc1)C2. The first-order valence-corrected chi connectivity index (χ1v) is 7.76. The summed E-state index contributed by atoms with van der Waals surface area (Å²) in [5.74, 6) is -2.03. The lowest BCUT2D eigenvalue weighted by molar-refractivity contribution is -0.134. The molecule has 1 aliphatic heterocycles. The first-order valence-electron chi connectivity index (χ1n) is 7.76. The zero-order valence-electron chi connectivity index (χ0n) is 13.8. The molecular weight excluding hydrogens is 322 g/mol. The summed E-state index contributed by atoms with van der Waals surface area (Å²) in [4.78, 5) is 35.8. The molecule has 6 nitrogen and oxygen atoms in total. The van der Waals surface area contributed by atoms with Crippen LogP contribution in [0.1, 0.15) is 38.8 Å². The summed E-state index contributed by atoms with van der Waals surface area (Å²) in [6.07, 6.45) is 0.271. The van der Waals surface area contributed by atoms with E-state index < -0.39 is 23.4 Å². The van der Waals surface area contributed by atoms with E-state index >= 15 is 0 Å². The average molecular weight is 339 g/mol. The van der Waals surface area contributed by atoms with E-state index in [0.717, 1.165) is 11.1 Å². The van der Waals surface area contributed by atoms with Gasteiger partial charge in [-0.15, -0.1) is 0 Å². The summed E-state index contributed by atoms with van der Waals surface area (Å²) >= 11 is 0. The van der Waals surface area contributed by atoms with Gasteiger partial charge in [-0.3, -0.25) is 4.79 Å². The molecule has 0 bridgehead atoms. The maximum Gasteiger partial charge on any atom is 0.339 e. The minimum absolute atomic E-state index is 0.123. The highest BCUT2D eigenvalue weighted by atomic mass is 16.6. The molecule has 0 aliphatic carbocycles. The van der Waals surface area contributed by atoms with E-state index in [2.05, 4.69) is 5.32 Å². The van der Waals surface area contributed by atoms with Gasteiger partial charge in [0.1, 0.15) is 0 Å². The first kappa shape index (κ1) is 16.7. The van der Waals surface area contributed by atoms with Crippen LogP contribution in [0.5, 0.6) is 0 Å². The van der Waals surface area contributed by atoms with Crippen molar-refractivity contribution in [2.75, 3.05) is 5.32 Å². The monoisotopic (exact) mass is 339 g/mol. The minimum atomic E-state index is -1.33. The number of cyclic esters (lactones) is 1. The normalized spacial score (nSPS) is 18.9. The fourth-order valence-corrected chi connectivity index (χ4v) is 2.78. The predicted molar refractivity (Wildman–Crippen MR) is 90.7 cm³/mol. The van der Waals surface area contributed by atoms with Gasteiger partial charge in [-0.05, 0) is 49.7 Å². The van der Waals surface area contributed by atoms with Crippen molar-refractivity contribution in [2.24, 2.45) is 0 Å². The van der Waals surface area contributed by atoms with Crippen LogP contribution < -0.4 is 5.32 Å². The van der Waals surface area contributed by atoms with Gasteiger partial charge in [0, 0.05) is 12.1 Å². The molecule has 1 amide bonds. The second-order valence-electron chi connectivity index (χ2n) is 6.29. The number of benzene rings is 2. The molecule has 2 aromatic rings. The number of hydrogen-bond donors (Lipinski definition) is 2. The second-order valence-corrected chi connectivity index (χ2v) is 6.29. The third-order valence-electron chi connectivity index (χ3n) is 4.20. The van der Waals surface area contributed by atoms with Crippen LogP contribution in [-0.4, -0.2) is 28.6 Å². The molecule has 0 radical (unpaired) electrons. The molecule has 1 heterocycles. The lowest BCUT2D eigenvalue weighted by Gasteiger charge is -2.33. The molecule has 0 spiro atoms. The number of hydrogen-bond acceptors (Lipinski definition) is 4. The fourth-order valence-electron chi connectivity index (χ4n) is 2.78. The van der Waals surface area contributed by atoms with Gasteiger partial charge in [0.15, 0.2) is 5.60 Å². The number of rotatable bonds is 3. The van der Waals surface area contributed by atoms with Gasteiger partial charge < -0.3 is 15.2 Å². The summed E-state index contributed by atoms with van der Waals surface area (Å²) in [5, 5.41) is 11.6. The van der Waals surface area contributed by atoms with Crippen LogP contribution in [0.4, 0.5) is 5.69 Å². The highest BCUT2D eigenvalue weighted by Gasteiger charge is 2.42. The molecule has 2 N–H and O–H groups in total. The molecule has 0 fully saturated rings. The number of aryl methyl sites for hydroxylation is 1. The smallest absolute Gasteiger partial charge is 0.339 e. The zero-order valence-corrected chi connectivity index (χ0v) is 13.8. The molecule has 1 atom stereocenters. The van der Waals surface area contributed by atoms with E-state index in [4.69, 9.17) is 9.84 Å². The molecule has 3 rings (SSSR count). The van der Waals surface area contributed by atoms with E-state index in [9.17, 15) is 14.4 Å². The van der Waals surface area contributed by atoms with Crippen LogP contribution in [0.25, 0.3) is 0 Å². The van der Waals surface area contributed by atoms with Gasteiger partial charge in [0.2, 0.25) is 0 Å². The molecule has 25 heavy (non-hydrogen) atoms. The Balaban J connectivity index is 1.81. The quantitative estimate of drug-likeness (QED) is 0.839. The Morgan fingerprint density at radius 3 is 2.48 bits per heavy atom. The molecule has 2 aromatic carbocycles. The van der Waals surface area contributed by atoms with Gasteiger partial charge in [0.05, 0.1) is 11.1 Å². The number of aromatic carboxylic acids is 1. The third-order valence-corrected chi connectivity index (χ3v) is 4.20. The van der Waals surface area contributed by atoms with E-state index in [1.54, 1.807) is 13.0 Å². The number of carboxylic acid groups (broad SMARTS) is 1. The van der Waals surface area contributed by atoms with Crippen LogP contribution in [0.2, 0.25) is 0 Å². The summed E-state index contributed by atoms with van der Waals surface area (Å²) < 4.78 is 5.41. The number of fused-ring (bicyclic) bond motifs is 1. The van der Waals surface area contributed by atoms with Crippen molar-refractivity contribution >= 4 is 23.5 Å². The molecule has 0 aromatic heterocycles. The average Bonchev–Trinajstić information content (AvgIpc) is 2.56. The van der Waals surface area contributed by atoms with Crippen LogP contribution in [0.15, 0.2) is 42.5 Å². The Labute approximate surface area is 144 Å². The molecule has 128 valence electrons. The molecule has 0 saturated heterocycles. The number of ether oxygens (including phenoxy) is 1. The number of carbonyl (C=O) groups excluding carboxylic acids is 2. The van der Waals surface area contributed by atoms with Gasteiger partial charge >= 0.3 is 11.9 Å². The van der Waals surface area contributed by atoms with Crippen LogP contribution in [0.3, 0.4) is 0 Å². The van der Waals surface area contributed by atoms with Crippen molar-refractivity contribution in [3.8, 4) is 0 Å². The van der Waals surface area contributed by atoms with E-state index in [1.165, 1.54) is 24.3 Å². The van der Waals surface area contributed by atoms with Crippen molar-refractivity contribution in [3.05, 3.63) is 64.7 Å². The lowest BCUT2D eigenvalue weighted by Crippen LogP contribution is -2.48. The van der Waals surface area contributed by atoms with Crippen LogP contribution in [0, 0.1) is 6.92 Å². The maximum absolute atomic E-state index is 12.6. The Morgan fingerprint density at radius 1 is 1.16 bits per heavy atom. The van der Waals surface area contributed by atoms with E-state index in [1.807, 2.05) is 19.1 Å². The largest absolute Gasteiger partial charge is 0.478 e. The zero-order chi connectivity index (χ0) is 18.2. The van der Waals surface area contributed by atoms with Crippen LogP contribution in [-0.2, 0) is 16.0 Å². The predicted octanol–water partition coefficient (Wildman–Crippen LogP) is 2.80. The molecule has 6 heteroatoms. The second kappa shape index (κ2) is 6.05. The highest BCUT2D eigenvalue weighted by Crippen LogP contribution is 2.30. The Bertz CT molecular complexity index is 872. The number of nitrogens with one attached hydrogen (secondary N) is 1. The van der Waals surface area contributed by atoms with Gasteiger partial charge in [-0.2, -0.15) is 0 Å². The fraction of sp³-hybridized carbons (Fsp3) is 0.211. The Hall–Kier alpha value is -3.15. The van der Waals surface area contributed by atoms with Crippen molar-refractivity contribution in [2.45, 2.75) is 25.9 Å². The summed E-state index contributed by atoms with van der Waals surface area (Å²) in [6.45, 7) is 3.45. The van der Waals surface area contributed by atoms with Crippen molar-refractivity contribution < 1.29 is 24.2 Å². The van der Waals surface area contributed by atoms with E-state index in [0.29, 0.717) is 11.3 Å². The number of carbonyl (C=O) groups is 3. The number of anilines is 1. The van der Waals surface area contributed by atoms with Crippen molar-refractivity contribution in [1.29, 1.82) is 0 Å². The van der Waals surface area contributed by atoms with Gasteiger partial charge in [-0.1, -0.05) is 17.7 Å². The van der Waals surface area contributed by atoms with E-state index in [-0.39, 0.29) is 12.0 Å². The molecule has 1 aliphatic rings. The topological polar surface area (TPSA) is 92.7 Å². The molecule has 0 unspecified atom stereocenters. The molecular formula is C19H17NO5. The minimum Gasteiger partial charge on any atom is -0.478 e. The number of carboxylic acids is 1. The van der Waals surface area contributed by atoms with Crippen molar-refractivity contribution in [3.63, 3.8) is 0 Å². The van der Waals surface area contributed by atoms with Crippen molar-refractivity contribution in [1.82, 2.24) is 0 Å². The summed E-state index contributed by atoms with van der Waals surface area (Å²) in [7, 11) is 0. The maximum atomic E-state index is 12.6. The Kier molecular flexibility index (Phi) is 4.04. The summed E-state index contributed by atoms with van der Waals surface area (Å²) in [5.41, 5.74) is 1.42. The summed E-state index contributed by atoms with van der Waals surface area (Å²) in [6, 6.07) is 11.2. The van der Waals surface area contributed by atoms with Gasteiger partial charge in [-0.25, -0.2) is 9.59 Å². The highest BCUT2D eigenvalue weighted by molar-refractivity contribution is 6.02. The first-order chi connectivity index (χ1) is 11.8. The third kappa shape index (κ3) is 3.24. The molecule has 0 saturated carbocycles.